The molecule has 0 saturated carbocycles. The van der Waals surface area contributed by atoms with Crippen molar-refractivity contribution in [3.8, 4) is 0 Å². The molecule has 0 unspecified atom stereocenters. The van der Waals surface area contributed by atoms with Crippen molar-refractivity contribution < 1.29 is 18.1 Å². The lowest BCUT2D eigenvalue weighted by Gasteiger charge is -2.16. The van der Waals surface area contributed by atoms with Crippen molar-refractivity contribution in [3.05, 3.63) is 75.6 Å². The number of ketones is 1. The first-order valence-electron chi connectivity index (χ1n) is 6.38. The minimum Gasteiger partial charge on any atom is -0.289 e. The van der Waals surface area contributed by atoms with Crippen molar-refractivity contribution in [1.82, 2.24) is 4.41 Å². The monoisotopic (exact) mass is 335 g/mol. The van der Waals surface area contributed by atoms with E-state index in [2.05, 4.69) is 0 Å². The summed E-state index contributed by atoms with van der Waals surface area (Å²) in [5.41, 5.74) is 0.339. The van der Waals surface area contributed by atoms with Gasteiger partial charge in [0.25, 0.3) is 15.7 Å². The van der Waals surface area contributed by atoms with Crippen LogP contribution in [-0.4, -0.2) is 23.5 Å². The molecule has 0 radical (unpaired) electrons. The molecule has 120 valence electrons. The van der Waals surface area contributed by atoms with E-state index in [1.165, 1.54) is 12.1 Å². The van der Waals surface area contributed by atoms with Gasteiger partial charge in [0.15, 0.2) is 5.78 Å². The Morgan fingerprint density at radius 1 is 1.22 bits per heavy atom. The number of hydrogen-bond donors (Lipinski definition) is 1. The highest BCUT2D eigenvalue weighted by atomic mass is 32.2. The van der Waals surface area contributed by atoms with Crippen LogP contribution in [0, 0.1) is 17.0 Å². The zero-order valence-electron chi connectivity index (χ0n) is 12.0. The molecular weight excluding hydrogens is 322 g/mol. The number of nitrogens with zero attached hydrogens (tertiary/aromatic N) is 2. The van der Waals surface area contributed by atoms with Crippen molar-refractivity contribution in [2.45, 2.75) is 11.8 Å². The largest absolute Gasteiger partial charge is 0.289 e. The molecule has 0 atom stereocenters. The maximum absolute atomic E-state index is 12.3. The molecule has 23 heavy (non-hydrogen) atoms. The molecule has 0 saturated heterocycles. The number of nitro groups is 1. The molecule has 0 heterocycles. The van der Waals surface area contributed by atoms with Crippen molar-refractivity contribution in [1.29, 1.82) is 0 Å². The second kappa shape index (κ2) is 6.15. The molecular formula is C14H13N3O5S. The summed E-state index contributed by atoms with van der Waals surface area (Å²) in [6, 6.07) is 5.97. The van der Waals surface area contributed by atoms with Gasteiger partial charge in [0.2, 0.25) is 0 Å². The Balaban J connectivity index is 2.38. The Kier molecular flexibility index (Phi) is 4.43. The summed E-state index contributed by atoms with van der Waals surface area (Å²) in [5.74, 6) is 4.95. The SMILES string of the molecule is Cc1ccc(S(=O)(=O)N(N)/C=C2\C=C([N+](=O)[O-])C=CC2=O)cc1. The summed E-state index contributed by atoms with van der Waals surface area (Å²) < 4.78 is 25.0. The molecule has 1 aliphatic rings. The second-order valence-electron chi connectivity index (χ2n) is 4.76. The van der Waals surface area contributed by atoms with Gasteiger partial charge in [-0.15, -0.1) is 0 Å². The van der Waals surface area contributed by atoms with Crippen molar-refractivity contribution in [2.75, 3.05) is 0 Å². The Bertz CT molecular complexity index is 851. The number of sulfonamides is 1. The standard InChI is InChI=1S/C14H13N3O5S/c1-10-2-5-13(6-3-10)23(21,22)16(15)9-11-8-12(17(19)20)4-7-14(11)18/h2-9H,15H2,1H3/b11-9+. The van der Waals surface area contributed by atoms with Crippen LogP contribution in [0.15, 0.2) is 64.9 Å². The van der Waals surface area contributed by atoms with Crippen LogP contribution < -0.4 is 5.84 Å². The molecule has 8 nitrogen and oxygen atoms in total. The van der Waals surface area contributed by atoms with Gasteiger partial charge >= 0.3 is 0 Å². The number of nitrogens with two attached hydrogens (primary N) is 1. The third-order valence-corrected chi connectivity index (χ3v) is 4.60. The third kappa shape index (κ3) is 3.52. The number of allylic oxidation sites excluding steroid dienone is 4. The highest BCUT2D eigenvalue weighted by molar-refractivity contribution is 7.89. The minimum atomic E-state index is -4.06. The fraction of sp³-hybridized carbons (Fsp3) is 0.0714. The quantitative estimate of drug-likeness (QED) is 0.379. The molecule has 1 aromatic carbocycles. The van der Waals surface area contributed by atoms with Crippen LogP contribution in [0.1, 0.15) is 5.56 Å². The zero-order valence-corrected chi connectivity index (χ0v) is 12.9. The van der Waals surface area contributed by atoms with E-state index in [-0.39, 0.29) is 16.2 Å². The van der Waals surface area contributed by atoms with Gasteiger partial charge in [0.05, 0.1) is 9.82 Å². The first kappa shape index (κ1) is 16.6. The molecule has 1 aromatic rings. The van der Waals surface area contributed by atoms with Gasteiger partial charge in [0.1, 0.15) is 0 Å². The topological polar surface area (TPSA) is 124 Å². The van der Waals surface area contributed by atoms with Gasteiger partial charge in [0, 0.05) is 23.9 Å². The van der Waals surface area contributed by atoms with E-state index in [1.807, 2.05) is 0 Å². The number of benzene rings is 1. The molecule has 0 aliphatic heterocycles. The van der Waals surface area contributed by atoms with E-state index < -0.39 is 20.7 Å². The number of aryl methyl sites for hydroxylation is 1. The van der Waals surface area contributed by atoms with Crippen LogP contribution in [0.3, 0.4) is 0 Å². The van der Waals surface area contributed by atoms with Gasteiger partial charge < -0.3 is 0 Å². The average molecular weight is 335 g/mol. The van der Waals surface area contributed by atoms with Crippen LogP contribution in [0.25, 0.3) is 0 Å². The highest BCUT2D eigenvalue weighted by Crippen LogP contribution is 2.18. The Hall–Kier alpha value is -2.78. The van der Waals surface area contributed by atoms with E-state index in [0.29, 0.717) is 4.41 Å². The number of carbonyl (C=O) groups excluding carboxylic acids is 1. The molecule has 0 amide bonds. The number of carbonyl (C=O) groups is 1. The van der Waals surface area contributed by atoms with Crippen LogP contribution in [-0.2, 0) is 14.8 Å². The van der Waals surface area contributed by atoms with Gasteiger partial charge in [-0.05, 0) is 25.1 Å². The Morgan fingerprint density at radius 3 is 2.39 bits per heavy atom. The van der Waals surface area contributed by atoms with Gasteiger partial charge in [-0.25, -0.2) is 10.3 Å². The van der Waals surface area contributed by atoms with Crippen LogP contribution >= 0.6 is 0 Å². The van der Waals surface area contributed by atoms with E-state index in [9.17, 15) is 23.3 Å². The normalized spacial score (nSPS) is 16.3. The average Bonchev–Trinajstić information content (AvgIpc) is 2.49. The fourth-order valence-corrected chi connectivity index (χ4v) is 2.76. The van der Waals surface area contributed by atoms with E-state index in [1.54, 1.807) is 19.1 Å². The molecule has 0 spiro atoms. The molecule has 0 bridgehead atoms. The maximum atomic E-state index is 12.3. The number of hydrogen-bond acceptors (Lipinski definition) is 6. The van der Waals surface area contributed by atoms with Gasteiger partial charge in [-0.3, -0.25) is 14.9 Å². The maximum Gasteiger partial charge on any atom is 0.277 e. The summed E-state index contributed by atoms with van der Waals surface area (Å²) in [4.78, 5) is 21.7. The summed E-state index contributed by atoms with van der Waals surface area (Å²) in [7, 11) is -4.06. The van der Waals surface area contributed by atoms with Crippen molar-refractivity contribution in [2.24, 2.45) is 5.84 Å². The zero-order chi connectivity index (χ0) is 17.2. The van der Waals surface area contributed by atoms with E-state index in [0.717, 1.165) is 30.0 Å². The molecule has 9 heteroatoms. The second-order valence-corrected chi connectivity index (χ2v) is 6.60. The summed E-state index contributed by atoms with van der Waals surface area (Å²) in [5, 5.41) is 10.7. The van der Waals surface area contributed by atoms with Crippen molar-refractivity contribution >= 4 is 15.8 Å². The molecule has 2 rings (SSSR count). The summed E-state index contributed by atoms with van der Waals surface area (Å²) in [6.45, 7) is 1.80. The highest BCUT2D eigenvalue weighted by Gasteiger charge is 2.23. The molecule has 2 N–H and O–H groups in total. The summed E-state index contributed by atoms with van der Waals surface area (Å²) >= 11 is 0. The predicted molar refractivity (Wildman–Crippen MR) is 81.7 cm³/mol. The minimum absolute atomic E-state index is 0.0558. The molecule has 0 fully saturated rings. The first-order chi connectivity index (χ1) is 10.7. The van der Waals surface area contributed by atoms with Crippen LogP contribution in [0.5, 0.6) is 0 Å². The predicted octanol–water partition coefficient (Wildman–Crippen LogP) is 1.04. The molecule has 1 aliphatic carbocycles. The molecule has 0 aromatic heterocycles. The lowest BCUT2D eigenvalue weighted by molar-refractivity contribution is -0.419. The van der Waals surface area contributed by atoms with E-state index in [4.69, 9.17) is 5.84 Å². The van der Waals surface area contributed by atoms with Gasteiger partial charge in [-0.2, -0.15) is 8.42 Å². The summed E-state index contributed by atoms with van der Waals surface area (Å²) in [6.07, 6.45) is 3.84. The number of rotatable bonds is 4. The van der Waals surface area contributed by atoms with E-state index >= 15 is 0 Å². The lowest BCUT2D eigenvalue weighted by atomic mass is 10.1. The lowest BCUT2D eigenvalue weighted by Crippen LogP contribution is -2.33. The number of hydrazine groups is 1. The smallest absolute Gasteiger partial charge is 0.277 e. The van der Waals surface area contributed by atoms with Crippen LogP contribution in [0.2, 0.25) is 0 Å². The third-order valence-electron chi connectivity index (χ3n) is 3.07. The first-order valence-corrected chi connectivity index (χ1v) is 7.82. The van der Waals surface area contributed by atoms with Crippen LogP contribution in [0.4, 0.5) is 0 Å². The van der Waals surface area contributed by atoms with Gasteiger partial charge in [-0.1, -0.05) is 17.7 Å². The van der Waals surface area contributed by atoms with Crippen molar-refractivity contribution in [3.63, 3.8) is 0 Å². The fourth-order valence-electron chi connectivity index (χ4n) is 1.79. The Labute approximate surface area is 132 Å². The Morgan fingerprint density at radius 2 is 1.83 bits per heavy atom.